The Labute approximate surface area is 219 Å². The van der Waals surface area contributed by atoms with E-state index in [-0.39, 0.29) is 21.1 Å². The average Bonchev–Trinajstić information content (AvgIpc) is 3.51. The molecule has 4 aromatic carbocycles. The van der Waals surface area contributed by atoms with Crippen LogP contribution < -0.4 is 10.6 Å². The molecule has 0 bridgehead atoms. The molecular weight excluding hydrogens is 523 g/mol. The van der Waals surface area contributed by atoms with Crippen molar-refractivity contribution in [2.45, 2.75) is 19.9 Å². The molecule has 4 nitrogen and oxygen atoms in total. The van der Waals surface area contributed by atoms with Crippen LogP contribution in [0.25, 0.3) is 5.59 Å². The fourth-order valence-corrected chi connectivity index (χ4v) is 6.41. The summed E-state index contributed by atoms with van der Waals surface area (Å²) >= 11 is 0. The minimum atomic E-state index is -1.00. The maximum Gasteiger partial charge on any atom is 0 e. The fourth-order valence-electron chi connectivity index (χ4n) is 3.55. The van der Waals surface area contributed by atoms with Crippen LogP contribution in [0, 0.1) is 11.6 Å². The molecule has 0 saturated carbocycles. The quantitative estimate of drug-likeness (QED) is 0.118. The van der Waals surface area contributed by atoms with Gasteiger partial charge in [-0.3, -0.25) is 0 Å². The molecule has 0 N–H and O–H groups in total. The number of hydrogen-bond donors (Lipinski definition) is 0. The number of rotatable bonds is 6. The van der Waals surface area contributed by atoms with Crippen molar-refractivity contribution in [3.63, 3.8) is 0 Å². The van der Waals surface area contributed by atoms with E-state index in [4.69, 9.17) is 15.2 Å². The van der Waals surface area contributed by atoms with Gasteiger partial charge in [0.1, 0.15) is 18.7 Å². The molecule has 0 saturated heterocycles. The van der Waals surface area contributed by atoms with Gasteiger partial charge in [0.15, 0.2) is 0 Å². The van der Waals surface area contributed by atoms with Crippen LogP contribution in [-0.4, -0.2) is 11.2 Å². The predicted molar refractivity (Wildman–Crippen MR) is 140 cm³/mol. The van der Waals surface area contributed by atoms with Gasteiger partial charge in [0.05, 0.1) is 6.04 Å². The minimum Gasteiger partial charge on any atom is -0.577 e. The molecule has 0 aromatic heterocycles. The van der Waals surface area contributed by atoms with Crippen molar-refractivity contribution in [1.82, 2.24) is 4.67 Å². The van der Waals surface area contributed by atoms with E-state index in [0.29, 0.717) is 6.04 Å². The van der Waals surface area contributed by atoms with Crippen LogP contribution in [0.5, 0.6) is 0 Å². The fraction of sp³-hybridized carbons (Fsp3) is 0.143. The minimum absolute atomic E-state index is 0. The zero-order valence-electron chi connectivity index (χ0n) is 19.5. The maximum absolute atomic E-state index is 7.50. The molecular formula is C28H30MoN2O2P-. The van der Waals surface area contributed by atoms with Gasteiger partial charge >= 0.3 is 11.3 Å². The number of nitroso groups, excluding NO2 is 1. The van der Waals surface area contributed by atoms with E-state index in [2.05, 4.69) is 116 Å². The Kier molecular flexibility index (Phi) is 18.4. The molecule has 34 heavy (non-hydrogen) atoms. The Hall–Kier alpha value is -2.57. The molecule has 0 fully saturated rings. The third kappa shape index (κ3) is 10.1. The predicted octanol–water partition coefficient (Wildman–Crippen LogP) is 6.54. The Balaban J connectivity index is 0.000000936. The number of benzene rings is 3. The Bertz CT molecular complexity index is 927. The average molecular weight is 553 g/mol. The van der Waals surface area contributed by atoms with Gasteiger partial charge in [0.2, 0.25) is 0 Å². The summed E-state index contributed by atoms with van der Waals surface area (Å²) in [5, 5.41) is 2.89. The van der Waals surface area contributed by atoms with E-state index >= 15 is 0 Å². The van der Waals surface area contributed by atoms with Crippen LogP contribution in [0.1, 0.15) is 25.5 Å². The summed E-state index contributed by atoms with van der Waals surface area (Å²) < 4.78 is 10.2. The number of hydrogen-bond acceptors (Lipinski definition) is 2. The van der Waals surface area contributed by atoms with Crippen LogP contribution in [0.15, 0.2) is 121 Å². The van der Waals surface area contributed by atoms with Crippen molar-refractivity contribution in [3.05, 3.63) is 144 Å². The van der Waals surface area contributed by atoms with Gasteiger partial charge in [-0.25, -0.2) is 12.1 Å². The second-order valence-corrected chi connectivity index (χ2v) is 9.34. The molecule has 4 rings (SSSR count). The third-order valence-electron chi connectivity index (χ3n) is 5.03. The second kappa shape index (κ2) is 19.9. The summed E-state index contributed by atoms with van der Waals surface area (Å²) in [5.74, 6) is 0. The van der Waals surface area contributed by atoms with Gasteiger partial charge in [-0.1, -0.05) is 66.7 Å². The smallest absolute Gasteiger partial charge is 0 e. The van der Waals surface area contributed by atoms with Crippen molar-refractivity contribution < 1.29 is 25.7 Å². The standard InChI is InChI=1S/C22H24NP.C5H5.CO.Mo.NO/c1-3-23(19(2)20-13-7-4-8-14-20)24(21-15-9-5-10-16-21)22-17-11-6-12-18-22;1-2-4-5-3-1;1-2;;1-2/h4-19H,3H2,1-2H3;1-5H;;;/q;-1;;;-1/p+1. The zero-order valence-corrected chi connectivity index (χ0v) is 22.5. The molecule has 0 aliphatic heterocycles. The first kappa shape index (κ1) is 31.4. The van der Waals surface area contributed by atoms with Crippen LogP contribution in [-0.2, 0) is 25.7 Å². The summed E-state index contributed by atoms with van der Waals surface area (Å²) in [7, 11) is -1.00. The summed E-state index contributed by atoms with van der Waals surface area (Å²) in [6.45, 7) is 10.1. The molecule has 0 spiro atoms. The van der Waals surface area contributed by atoms with Gasteiger partial charge in [0, 0.05) is 27.6 Å². The Morgan fingerprint density at radius 1 is 0.794 bits per heavy atom. The second-order valence-electron chi connectivity index (χ2n) is 6.92. The monoisotopic (exact) mass is 555 g/mol. The Morgan fingerprint density at radius 3 is 1.50 bits per heavy atom. The molecule has 0 radical (unpaired) electrons. The normalized spacial score (nSPS) is 10.2. The summed E-state index contributed by atoms with van der Waals surface area (Å²) in [4.78, 5) is 7.25. The van der Waals surface area contributed by atoms with Gasteiger partial charge in [-0.05, 0) is 43.7 Å². The third-order valence-corrected chi connectivity index (χ3v) is 8.07. The first-order valence-corrected chi connectivity index (χ1v) is 12.1. The van der Waals surface area contributed by atoms with Crippen LogP contribution >= 0.6 is 8.07 Å². The maximum atomic E-state index is 7.50. The summed E-state index contributed by atoms with van der Waals surface area (Å²) in [6, 6.07) is 43.2. The van der Waals surface area contributed by atoms with Gasteiger partial charge in [0.25, 0.3) is 0 Å². The molecule has 176 valence electrons. The largest absolute Gasteiger partial charge is 0.577 e. The molecule has 1 atom stereocenters. The molecule has 0 heterocycles. The molecule has 0 aliphatic carbocycles. The summed E-state index contributed by atoms with van der Waals surface area (Å²) in [6.07, 6.45) is 0. The Morgan fingerprint density at radius 2 is 1.18 bits per heavy atom. The SMILES string of the molecule is CCN(C(C)c1ccccc1)[PH+](c1ccccc1)c1ccccc1.[C-]#[O+].[Mo].[N-]=O.c1cc[cH-]c1. The topological polar surface area (TPSA) is 62.5 Å². The van der Waals surface area contributed by atoms with Gasteiger partial charge in [-0.2, -0.15) is 22.9 Å². The van der Waals surface area contributed by atoms with E-state index in [1.165, 1.54) is 16.2 Å². The van der Waals surface area contributed by atoms with Crippen LogP contribution in [0.2, 0.25) is 0 Å². The van der Waals surface area contributed by atoms with E-state index in [1.807, 2.05) is 30.3 Å². The first-order chi connectivity index (χ1) is 16.3. The van der Waals surface area contributed by atoms with Gasteiger partial charge < -0.3 is 10.5 Å². The van der Waals surface area contributed by atoms with Crippen molar-refractivity contribution in [2.24, 2.45) is 0 Å². The van der Waals surface area contributed by atoms with Crippen molar-refractivity contribution in [1.29, 1.82) is 0 Å². The van der Waals surface area contributed by atoms with Crippen molar-refractivity contribution in [2.75, 3.05) is 6.54 Å². The molecule has 1 unspecified atom stereocenters. The zero-order chi connectivity index (χ0) is 24.3. The van der Waals surface area contributed by atoms with Crippen LogP contribution in [0.3, 0.4) is 0 Å². The molecule has 4 aromatic rings. The molecule has 6 heteroatoms. The molecule has 0 amide bonds. The molecule has 0 aliphatic rings. The van der Waals surface area contributed by atoms with E-state index in [1.54, 1.807) is 0 Å². The van der Waals surface area contributed by atoms with Crippen molar-refractivity contribution in [3.8, 4) is 0 Å². The number of nitrogens with zero attached hydrogens (tertiary/aromatic N) is 2. The van der Waals surface area contributed by atoms with E-state index < -0.39 is 8.07 Å². The first-order valence-electron chi connectivity index (χ1n) is 10.7. The summed E-state index contributed by atoms with van der Waals surface area (Å²) in [5.41, 5.74) is 7.13. The van der Waals surface area contributed by atoms with Gasteiger partial charge in [-0.15, -0.1) is 0 Å². The van der Waals surface area contributed by atoms with Crippen LogP contribution in [0.4, 0.5) is 0 Å². The van der Waals surface area contributed by atoms with Crippen molar-refractivity contribution >= 4 is 18.7 Å². The van der Waals surface area contributed by atoms with E-state index in [9.17, 15) is 0 Å². The van der Waals surface area contributed by atoms with E-state index in [0.717, 1.165) is 6.54 Å².